The van der Waals surface area contributed by atoms with Gasteiger partial charge in [0.05, 0.1) is 17.9 Å². The van der Waals surface area contributed by atoms with Crippen LogP contribution in [0.15, 0.2) is 47.5 Å². The number of carbonyl (C=O) groups is 2. The summed E-state index contributed by atoms with van der Waals surface area (Å²) in [4.78, 5) is 33.4. The van der Waals surface area contributed by atoms with E-state index in [-0.39, 0.29) is 11.8 Å². The molecule has 0 spiro atoms. The zero-order chi connectivity index (χ0) is 17.6. The number of fused-ring (bicyclic) bond motifs is 3. The second kappa shape index (κ2) is 6.04. The van der Waals surface area contributed by atoms with Crippen LogP contribution < -0.4 is 4.90 Å². The third-order valence-electron chi connectivity index (χ3n) is 4.54. The van der Waals surface area contributed by atoms with E-state index in [4.69, 9.17) is 11.6 Å². The summed E-state index contributed by atoms with van der Waals surface area (Å²) in [5.74, 6) is -0.116. The lowest BCUT2D eigenvalue weighted by molar-refractivity contribution is -0.133. The molecule has 1 atom stereocenters. The van der Waals surface area contributed by atoms with Gasteiger partial charge in [0, 0.05) is 29.6 Å². The summed E-state index contributed by atoms with van der Waals surface area (Å²) >= 11 is 7.55. The van der Waals surface area contributed by atoms with E-state index in [1.807, 2.05) is 24.3 Å². The Labute approximate surface area is 155 Å². The summed E-state index contributed by atoms with van der Waals surface area (Å²) in [7, 11) is 1.75. The number of hydrogen-bond donors (Lipinski definition) is 0. The monoisotopic (exact) mass is 373 g/mol. The minimum Gasteiger partial charge on any atom is -0.337 e. The van der Waals surface area contributed by atoms with Gasteiger partial charge in [-0.2, -0.15) is 0 Å². The normalized spacial score (nSPS) is 21.2. The number of carbonyl (C=O) groups excluding carboxylic acids is 2. The molecule has 1 aromatic heterocycles. The van der Waals surface area contributed by atoms with Crippen molar-refractivity contribution in [1.82, 2.24) is 9.88 Å². The number of hydrogen-bond acceptors (Lipinski definition) is 4. The van der Waals surface area contributed by atoms with Crippen LogP contribution in [-0.2, 0) is 16.1 Å². The number of aromatic nitrogens is 1. The molecule has 0 bridgehead atoms. The molecular formula is C18H16ClN3O2S. The van der Waals surface area contributed by atoms with E-state index in [0.717, 1.165) is 16.3 Å². The Morgan fingerprint density at radius 1 is 1.40 bits per heavy atom. The molecule has 1 aromatic carbocycles. The number of anilines is 1. The van der Waals surface area contributed by atoms with Crippen molar-refractivity contribution in [3.05, 3.63) is 53.3 Å². The van der Waals surface area contributed by atoms with Crippen molar-refractivity contribution < 1.29 is 9.59 Å². The lowest BCUT2D eigenvalue weighted by Gasteiger charge is -2.33. The SMILES string of the molecule is CN(Cc1ccccn1)C(=O)[C@]12CCC(=O)N1c1cc(Cl)ccc1S2. The summed E-state index contributed by atoms with van der Waals surface area (Å²) < 4.78 is 0. The van der Waals surface area contributed by atoms with Gasteiger partial charge in [-0.25, -0.2) is 0 Å². The van der Waals surface area contributed by atoms with E-state index in [0.29, 0.717) is 24.4 Å². The van der Waals surface area contributed by atoms with Gasteiger partial charge >= 0.3 is 0 Å². The van der Waals surface area contributed by atoms with Gasteiger partial charge in [-0.1, -0.05) is 29.4 Å². The number of likely N-dealkylation sites (N-methyl/N-ethyl adjacent to an activating group) is 1. The molecule has 0 N–H and O–H groups in total. The molecule has 3 heterocycles. The number of nitrogens with zero attached hydrogens (tertiary/aromatic N) is 3. The summed E-state index contributed by atoms with van der Waals surface area (Å²) in [6.45, 7) is 0.404. The van der Waals surface area contributed by atoms with Gasteiger partial charge < -0.3 is 4.90 Å². The fourth-order valence-electron chi connectivity index (χ4n) is 3.41. The topological polar surface area (TPSA) is 53.5 Å². The van der Waals surface area contributed by atoms with Crippen LogP contribution in [0.3, 0.4) is 0 Å². The third-order valence-corrected chi connectivity index (χ3v) is 6.23. The Balaban J connectivity index is 1.66. The molecule has 0 radical (unpaired) electrons. The first-order valence-electron chi connectivity index (χ1n) is 7.98. The molecule has 0 unspecified atom stereocenters. The van der Waals surface area contributed by atoms with Gasteiger partial charge in [-0.05, 0) is 36.8 Å². The molecule has 1 saturated heterocycles. The molecule has 4 rings (SSSR count). The van der Waals surface area contributed by atoms with Gasteiger partial charge in [0.2, 0.25) is 5.91 Å². The van der Waals surface area contributed by atoms with E-state index in [9.17, 15) is 9.59 Å². The number of thioether (sulfide) groups is 1. The zero-order valence-corrected chi connectivity index (χ0v) is 15.2. The highest BCUT2D eigenvalue weighted by molar-refractivity contribution is 8.02. The van der Waals surface area contributed by atoms with Crippen LogP contribution in [0, 0.1) is 0 Å². The van der Waals surface area contributed by atoms with E-state index >= 15 is 0 Å². The van der Waals surface area contributed by atoms with Crippen LogP contribution in [0.1, 0.15) is 18.5 Å². The molecule has 2 amide bonds. The highest BCUT2D eigenvalue weighted by Gasteiger charge is 2.58. The van der Waals surface area contributed by atoms with Crippen LogP contribution in [0.5, 0.6) is 0 Å². The Morgan fingerprint density at radius 3 is 3.00 bits per heavy atom. The van der Waals surface area contributed by atoms with Crippen molar-refractivity contribution in [3.63, 3.8) is 0 Å². The minimum absolute atomic E-state index is 0.0342. The molecular weight excluding hydrogens is 358 g/mol. The molecule has 1 fully saturated rings. The fourth-order valence-corrected chi connectivity index (χ4v) is 5.07. The van der Waals surface area contributed by atoms with E-state index in [1.165, 1.54) is 11.8 Å². The molecule has 7 heteroatoms. The van der Waals surface area contributed by atoms with Crippen molar-refractivity contribution >= 4 is 40.9 Å². The molecule has 0 saturated carbocycles. The fraction of sp³-hybridized carbons (Fsp3) is 0.278. The molecule has 0 aliphatic carbocycles. The summed E-state index contributed by atoms with van der Waals surface area (Å²) in [6, 6.07) is 11.1. The van der Waals surface area contributed by atoms with E-state index in [2.05, 4.69) is 4.98 Å². The Bertz CT molecular complexity index is 861. The molecule has 2 aliphatic rings. The maximum atomic E-state index is 13.3. The third kappa shape index (κ3) is 2.60. The van der Waals surface area contributed by atoms with Gasteiger partial charge in [-0.15, -0.1) is 0 Å². The Kier molecular flexibility index (Phi) is 3.96. The highest BCUT2D eigenvalue weighted by atomic mass is 35.5. The number of halogens is 1. The average molecular weight is 374 g/mol. The van der Waals surface area contributed by atoms with Crippen LogP contribution >= 0.6 is 23.4 Å². The molecule has 25 heavy (non-hydrogen) atoms. The molecule has 2 aliphatic heterocycles. The van der Waals surface area contributed by atoms with Crippen molar-refractivity contribution in [1.29, 1.82) is 0 Å². The van der Waals surface area contributed by atoms with Crippen LogP contribution in [0.4, 0.5) is 5.69 Å². The second-order valence-corrected chi connectivity index (χ2v) is 7.97. The number of rotatable bonds is 3. The average Bonchev–Trinajstić information content (AvgIpc) is 3.11. The Morgan fingerprint density at radius 2 is 2.24 bits per heavy atom. The maximum absolute atomic E-state index is 13.3. The first-order valence-corrected chi connectivity index (χ1v) is 9.18. The van der Waals surface area contributed by atoms with E-state index in [1.54, 1.807) is 35.2 Å². The van der Waals surface area contributed by atoms with Gasteiger partial charge in [0.15, 0.2) is 4.87 Å². The predicted octanol–water partition coefficient (Wildman–Crippen LogP) is 3.32. The number of pyridine rings is 1. The second-order valence-electron chi connectivity index (χ2n) is 6.21. The number of benzene rings is 1. The minimum atomic E-state index is -0.909. The maximum Gasteiger partial charge on any atom is 0.259 e. The van der Waals surface area contributed by atoms with Crippen LogP contribution in [0.25, 0.3) is 0 Å². The lowest BCUT2D eigenvalue weighted by Crippen LogP contribution is -2.52. The van der Waals surface area contributed by atoms with Crippen molar-refractivity contribution in [2.75, 3.05) is 11.9 Å². The lowest BCUT2D eigenvalue weighted by atomic mass is 10.1. The summed E-state index contributed by atoms with van der Waals surface area (Å²) in [6.07, 6.45) is 2.57. The summed E-state index contributed by atoms with van der Waals surface area (Å²) in [5, 5.41) is 0.559. The summed E-state index contributed by atoms with van der Waals surface area (Å²) in [5.41, 5.74) is 1.55. The van der Waals surface area contributed by atoms with Crippen molar-refractivity contribution in [2.24, 2.45) is 0 Å². The zero-order valence-electron chi connectivity index (χ0n) is 13.6. The predicted molar refractivity (Wildman–Crippen MR) is 97.5 cm³/mol. The first-order chi connectivity index (χ1) is 12.0. The van der Waals surface area contributed by atoms with Crippen LogP contribution in [0.2, 0.25) is 5.02 Å². The van der Waals surface area contributed by atoms with Crippen LogP contribution in [-0.4, -0.2) is 33.6 Å². The Hall–Kier alpha value is -2.05. The van der Waals surface area contributed by atoms with Gasteiger partial charge in [0.25, 0.3) is 5.91 Å². The molecule has 5 nitrogen and oxygen atoms in total. The van der Waals surface area contributed by atoms with E-state index < -0.39 is 4.87 Å². The standard InChI is InChI=1S/C18H16ClN3O2S/c1-21(11-13-4-2-3-9-20-13)17(24)18-8-7-16(23)22(18)14-10-12(19)5-6-15(14)25-18/h2-6,9-10H,7-8,11H2,1H3/t18-/m1/s1. The smallest absolute Gasteiger partial charge is 0.259 e. The van der Waals surface area contributed by atoms with Crippen molar-refractivity contribution in [2.45, 2.75) is 29.2 Å². The van der Waals surface area contributed by atoms with Gasteiger partial charge in [0.1, 0.15) is 0 Å². The van der Waals surface area contributed by atoms with Gasteiger partial charge in [-0.3, -0.25) is 19.5 Å². The largest absolute Gasteiger partial charge is 0.337 e. The molecule has 128 valence electrons. The highest BCUT2D eigenvalue weighted by Crippen LogP contribution is 2.56. The molecule has 2 aromatic rings. The van der Waals surface area contributed by atoms with Crippen molar-refractivity contribution in [3.8, 4) is 0 Å². The number of amides is 2. The quantitative estimate of drug-likeness (QED) is 0.828. The first kappa shape index (κ1) is 16.4.